The van der Waals surface area contributed by atoms with E-state index in [-0.39, 0.29) is 41.1 Å². The van der Waals surface area contributed by atoms with Gasteiger partial charge < -0.3 is 10.6 Å². The van der Waals surface area contributed by atoms with Gasteiger partial charge in [0.1, 0.15) is 0 Å². The fourth-order valence-electron chi connectivity index (χ4n) is 2.01. The maximum atomic E-state index is 12.2. The van der Waals surface area contributed by atoms with Gasteiger partial charge in [-0.05, 0) is 28.5 Å². The van der Waals surface area contributed by atoms with Crippen molar-refractivity contribution in [3.63, 3.8) is 0 Å². The molecule has 0 fully saturated rings. The largest absolute Gasteiger partial charge is 0.355 e. The molecule has 1 aromatic carbocycles. The zero-order valence-electron chi connectivity index (χ0n) is 14.4. The molecule has 3 N–H and O–H groups in total. The number of non-ortho nitro benzene ring substituents is 1. The highest BCUT2D eigenvalue weighted by atomic mass is 127. The molecule has 0 unspecified atom stereocenters. The molecule has 0 radical (unpaired) electrons. The molecule has 0 aliphatic carbocycles. The van der Waals surface area contributed by atoms with E-state index in [1.54, 1.807) is 18.4 Å². The van der Waals surface area contributed by atoms with Crippen molar-refractivity contribution in [3.8, 4) is 0 Å². The first kappa shape index (κ1) is 23.3. The van der Waals surface area contributed by atoms with Crippen molar-refractivity contribution >= 4 is 57.0 Å². The lowest BCUT2D eigenvalue weighted by Gasteiger charge is -2.12. The van der Waals surface area contributed by atoms with Crippen LogP contribution in [0.25, 0.3) is 0 Å². The molecular weight excluding hydrogens is 505 g/mol. The molecule has 0 spiro atoms. The second kappa shape index (κ2) is 11.2. The van der Waals surface area contributed by atoms with E-state index in [1.165, 1.54) is 18.2 Å². The highest BCUT2D eigenvalue weighted by Crippen LogP contribution is 2.16. The van der Waals surface area contributed by atoms with Crippen molar-refractivity contribution in [2.75, 3.05) is 20.1 Å². The molecule has 1 heterocycles. The van der Waals surface area contributed by atoms with Crippen LogP contribution in [0.15, 0.2) is 51.0 Å². The first-order valence-electron chi connectivity index (χ1n) is 7.62. The highest BCUT2D eigenvalue weighted by molar-refractivity contribution is 14.0. The standard InChI is InChI=1S/C15H19N5O4S2.HI/c1-16-15(18-10-12-5-8-25-11-12)17-6-7-19-26(23,24)14-4-2-3-13(9-14)20(21)22;/h2-5,8-9,11,19H,6-7,10H2,1H3,(H2,16,17,18);1H. The molecule has 0 aliphatic rings. The Balaban J connectivity index is 0.00000364. The minimum absolute atomic E-state index is 0. The predicted molar refractivity (Wildman–Crippen MR) is 116 cm³/mol. The number of sulfonamides is 1. The lowest BCUT2D eigenvalue weighted by Crippen LogP contribution is -2.41. The van der Waals surface area contributed by atoms with Gasteiger partial charge in [-0.1, -0.05) is 6.07 Å². The van der Waals surface area contributed by atoms with E-state index in [9.17, 15) is 18.5 Å². The summed E-state index contributed by atoms with van der Waals surface area (Å²) in [6, 6.07) is 6.91. The number of hydrogen-bond acceptors (Lipinski definition) is 6. The van der Waals surface area contributed by atoms with Gasteiger partial charge in [0.25, 0.3) is 5.69 Å². The molecule has 2 rings (SSSR count). The predicted octanol–water partition coefficient (Wildman–Crippen LogP) is 1.92. The van der Waals surface area contributed by atoms with E-state index in [2.05, 4.69) is 20.3 Å². The number of guanidine groups is 1. The summed E-state index contributed by atoms with van der Waals surface area (Å²) < 4.78 is 26.8. The minimum atomic E-state index is -3.82. The number of rotatable bonds is 8. The maximum absolute atomic E-state index is 12.2. The second-order valence-electron chi connectivity index (χ2n) is 5.14. The van der Waals surface area contributed by atoms with Crippen LogP contribution in [0.2, 0.25) is 0 Å². The van der Waals surface area contributed by atoms with Gasteiger partial charge in [-0.25, -0.2) is 13.1 Å². The number of nitro groups is 1. The lowest BCUT2D eigenvalue weighted by molar-refractivity contribution is -0.385. The lowest BCUT2D eigenvalue weighted by atomic mass is 10.3. The summed E-state index contributed by atoms with van der Waals surface area (Å²) in [6.45, 7) is 1.02. The molecule has 0 atom stereocenters. The Kier molecular flexibility index (Phi) is 9.62. The van der Waals surface area contributed by atoms with E-state index in [0.717, 1.165) is 11.6 Å². The third-order valence-corrected chi connectivity index (χ3v) is 5.50. The smallest absolute Gasteiger partial charge is 0.270 e. The Bertz CT molecular complexity index is 872. The topological polar surface area (TPSA) is 126 Å². The normalized spacial score (nSPS) is 11.5. The van der Waals surface area contributed by atoms with Gasteiger partial charge in [0, 0.05) is 38.8 Å². The molecular formula is C15H20IN5O4S2. The molecule has 12 heteroatoms. The maximum Gasteiger partial charge on any atom is 0.270 e. The third kappa shape index (κ3) is 7.40. The Morgan fingerprint density at radius 2 is 2.04 bits per heavy atom. The van der Waals surface area contributed by atoms with E-state index in [1.807, 2.05) is 16.8 Å². The molecule has 2 aromatic rings. The van der Waals surface area contributed by atoms with Crippen LogP contribution >= 0.6 is 35.3 Å². The zero-order chi connectivity index (χ0) is 19.0. The van der Waals surface area contributed by atoms with Gasteiger partial charge in [0.15, 0.2) is 5.96 Å². The summed E-state index contributed by atoms with van der Waals surface area (Å²) in [6.07, 6.45) is 0. The Labute approximate surface area is 178 Å². The molecule has 0 saturated carbocycles. The van der Waals surface area contributed by atoms with Crippen LogP contribution in [-0.2, 0) is 16.6 Å². The number of nitrogens with zero attached hydrogens (tertiary/aromatic N) is 2. The summed E-state index contributed by atoms with van der Waals surface area (Å²) in [5, 5.41) is 20.9. The van der Waals surface area contributed by atoms with Crippen LogP contribution in [0.4, 0.5) is 5.69 Å². The van der Waals surface area contributed by atoms with Crippen LogP contribution < -0.4 is 15.4 Å². The fraction of sp³-hybridized carbons (Fsp3) is 0.267. The third-order valence-electron chi connectivity index (χ3n) is 3.31. The molecule has 0 saturated heterocycles. The average molecular weight is 525 g/mol. The molecule has 27 heavy (non-hydrogen) atoms. The Morgan fingerprint density at radius 1 is 1.26 bits per heavy atom. The molecule has 0 aliphatic heterocycles. The number of benzene rings is 1. The van der Waals surface area contributed by atoms with Crippen LogP contribution in [0.1, 0.15) is 5.56 Å². The van der Waals surface area contributed by atoms with Gasteiger partial charge in [-0.3, -0.25) is 15.1 Å². The monoisotopic (exact) mass is 525 g/mol. The molecule has 0 amide bonds. The summed E-state index contributed by atoms with van der Waals surface area (Å²) >= 11 is 1.60. The quantitative estimate of drug-likeness (QED) is 0.121. The van der Waals surface area contributed by atoms with Gasteiger partial charge in [0.05, 0.1) is 9.82 Å². The molecule has 1 aromatic heterocycles. The van der Waals surface area contributed by atoms with Crippen molar-refractivity contribution in [1.29, 1.82) is 0 Å². The van der Waals surface area contributed by atoms with Gasteiger partial charge in [-0.2, -0.15) is 11.3 Å². The molecule has 9 nitrogen and oxygen atoms in total. The van der Waals surface area contributed by atoms with Crippen molar-refractivity contribution in [2.45, 2.75) is 11.4 Å². The number of halogens is 1. The Morgan fingerprint density at radius 3 is 2.67 bits per heavy atom. The first-order chi connectivity index (χ1) is 12.4. The second-order valence-corrected chi connectivity index (χ2v) is 7.68. The zero-order valence-corrected chi connectivity index (χ0v) is 18.4. The number of aliphatic imine (C=N–C) groups is 1. The van der Waals surface area contributed by atoms with E-state index in [0.29, 0.717) is 19.0 Å². The number of nitro benzene ring substituents is 1. The number of hydrogen-bond donors (Lipinski definition) is 3. The van der Waals surface area contributed by atoms with Gasteiger partial charge in [0.2, 0.25) is 10.0 Å². The molecule has 0 bridgehead atoms. The average Bonchev–Trinajstić information content (AvgIpc) is 3.14. The first-order valence-corrected chi connectivity index (χ1v) is 10.0. The summed E-state index contributed by atoms with van der Waals surface area (Å²) in [4.78, 5) is 14.0. The van der Waals surface area contributed by atoms with Crippen LogP contribution in [0.5, 0.6) is 0 Å². The number of thiophene rings is 1. The fourth-order valence-corrected chi connectivity index (χ4v) is 3.75. The number of nitrogens with one attached hydrogen (secondary N) is 3. The molecule has 148 valence electrons. The Hall–Kier alpha value is -1.77. The summed E-state index contributed by atoms with van der Waals surface area (Å²) in [5.41, 5.74) is 0.855. The van der Waals surface area contributed by atoms with Crippen molar-refractivity contribution in [3.05, 3.63) is 56.8 Å². The van der Waals surface area contributed by atoms with Crippen LogP contribution in [0, 0.1) is 10.1 Å². The van der Waals surface area contributed by atoms with E-state index < -0.39 is 14.9 Å². The van der Waals surface area contributed by atoms with E-state index in [4.69, 9.17) is 0 Å². The van der Waals surface area contributed by atoms with Gasteiger partial charge in [-0.15, -0.1) is 24.0 Å². The van der Waals surface area contributed by atoms with Crippen molar-refractivity contribution < 1.29 is 13.3 Å². The minimum Gasteiger partial charge on any atom is -0.355 e. The highest BCUT2D eigenvalue weighted by Gasteiger charge is 2.16. The van der Waals surface area contributed by atoms with E-state index >= 15 is 0 Å². The SMILES string of the molecule is CN=C(NCCNS(=O)(=O)c1cccc([N+](=O)[O-])c1)NCc1ccsc1.I. The van der Waals surface area contributed by atoms with Crippen molar-refractivity contribution in [2.24, 2.45) is 4.99 Å². The van der Waals surface area contributed by atoms with Crippen molar-refractivity contribution in [1.82, 2.24) is 15.4 Å². The summed E-state index contributed by atoms with van der Waals surface area (Å²) in [5.74, 6) is 0.547. The van der Waals surface area contributed by atoms with Crippen LogP contribution in [0.3, 0.4) is 0 Å². The van der Waals surface area contributed by atoms with Gasteiger partial charge >= 0.3 is 0 Å². The van der Waals surface area contributed by atoms with Crippen LogP contribution in [-0.4, -0.2) is 39.4 Å². The summed E-state index contributed by atoms with van der Waals surface area (Å²) in [7, 11) is -2.20.